The first-order valence-corrected chi connectivity index (χ1v) is 18.2. The van der Waals surface area contributed by atoms with Crippen LogP contribution in [0.15, 0.2) is 200 Å². The third-order valence-electron chi connectivity index (χ3n) is 10.2. The zero-order valence-corrected chi connectivity index (χ0v) is 29.7. The fraction of sp³-hybridized carbons (Fsp3) is 0. The van der Waals surface area contributed by atoms with Crippen molar-refractivity contribution in [1.82, 2.24) is 24.1 Å². The second kappa shape index (κ2) is 13.0. The third-order valence-corrected chi connectivity index (χ3v) is 10.2. The zero-order valence-electron chi connectivity index (χ0n) is 37.7. The zero-order chi connectivity index (χ0) is 44.0. The minimum absolute atomic E-state index is 0.00201. The summed E-state index contributed by atoms with van der Waals surface area (Å²) in [5, 5.41) is 2.32. The maximum atomic E-state index is 9.16. The Hall–Kier alpha value is -7.63. The lowest BCUT2D eigenvalue weighted by atomic mass is 10.0. The number of rotatable bonds is 6. The molecule has 0 saturated carbocycles. The van der Waals surface area contributed by atoms with Crippen LogP contribution in [0.5, 0.6) is 0 Å². The van der Waals surface area contributed by atoms with Crippen LogP contribution in [0, 0.1) is 0 Å². The summed E-state index contributed by atoms with van der Waals surface area (Å²) < 4.78 is 74.5. The Kier molecular flexibility index (Phi) is 5.74. The molecule has 5 nitrogen and oxygen atoms in total. The molecule has 0 aliphatic rings. The molecule has 11 aromatic rings. The molecule has 8 aromatic carbocycles. The van der Waals surface area contributed by atoms with Gasteiger partial charge in [0.05, 0.1) is 33.0 Å². The highest BCUT2D eigenvalue weighted by molar-refractivity contribution is 6.10. The maximum absolute atomic E-state index is 9.16. The summed E-state index contributed by atoms with van der Waals surface area (Å²) in [7, 11) is 0. The normalized spacial score (nSPS) is 13.6. The number of para-hydroxylation sites is 4. The molecule has 0 aliphatic heterocycles. The van der Waals surface area contributed by atoms with Crippen molar-refractivity contribution in [1.29, 1.82) is 0 Å². The van der Waals surface area contributed by atoms with Crippen molar-refractivity contribution >= 4 is 43.6 Å². The van der Waals surface area contributed by atoms with Crippen molar-refractivity contribution < 1.29 is 11.0 Å². The van der Waals surface area contributed by atoms with Crippen LogP contribution in [0.25, 0.3) is 100 Å². The molecule has 11 rings (SSSR count). The monoisotopic (exact) mass is 723 g/mol. The highest BCUT2D eigenvalue weighted by Gasteiger charge is 2.18. The number of hydrogen-bond donors (Lipinski definition) is 0. The van der Waals surface area contributed by atoms with Crippen LogP contribution in [0.3, 0.4) is 0 Å². The molecule has 0 unspecified atom stereocenters. The first kappa shape index (κ1) is 24.6. The molecule has 3 heterocycles. The molecule has 0 spiro atoms. The molecule has 0 amide bonds. The molecule has 262 valence electrons. The van der Waals surface area contributed by atoms with Gasteiger partial charge < -0.3 is 9.13 Å². The lowest BCUT2D eigenvalue weighted by molar-refractivity contribution is 1.07. The van der Waals surface area contributed by atoms with E-state index in [4.69, 9.17) is 25.9 Å². The first-order valence-electron chi connectivity index (χ1n) is 22.2. The summed E-state index contributed by atoms with van der Waals surface area (Å²) in [6, 6.07) is 46.0. The van der Waals surface area contributed by atoms with Crippen LogP contribution >= 0.6 is 0 Å². The van der Waals surface area contributed by atoms with Crippen molar-refractivity contribution in [2.45, 2.75) is 0 Å². The SMILES string of the molecule is [2H]c1c([2H])c([2H])c2c(c1[2H])c1c([2H])c([2H])c([2H])c([2H])c1n2-c1cc(-c2ccccc2)cc(-c2nc(-c3ccccc3)nc(-c3ccc(-n4c5ccccc5c5ccccc54)cc3)n2)c1. The summed E-state index contributed by atoms with van der Waals surface area (Å²) >= 11 is 0. The minimum atomic E-state index is -0.503. The lowest BCUT2D eigenvalue weighted by Crippen LogP contribution is -2.02. The standard InChI is InChI=1S/C51H33N5/c1-3-15-34(16-4-1)37-31-38(33-40(32-37)56-47-25-13-9-21-43(47)44-22-10-14-26-48(44)56)51-53-49(35-17-5-2-6-18-35)52-50(54-51)36-27-29-39(30-28-36)55-45-23-11-7-19-41(45)42-20-8-12-24-46(42)55/h1-33H/i9D,10D,13D,14D,21D,22D,25D,26D. The minimum Gasteiger partial charge on any atom is -0.309 e. The average molecular weight is 724 g/mol. The molecule has 0 fully saturated rings. The van der Waals surface area contributed by atoms with E-state index in [-0.39, 0.29) is 33.9 Å². The molecule has 5 heteroatoms. The van der Waals surface area contributed by atoms with E-state index < -0.39 is 36.3 Å². The summed E-state index contributed by atoms with van der Waals surface area (Å²) in [4.78, 5) is 15.2. The molecule has 0 N–H and O–H groups in total. The maximum Gasteiger partial charge on any atom is 0.164 e. The van der Waals surface area contributed by atoms with Gasteiger partial charge in [-0.2, -0.15) is 0 Å². The van der Waals surface area contributed by atoms with Crippen LogP contribution < -0.4 is 0 Å². The third kappa shape index (κ3) is 5.29. The largest absolute Gasteiger partial charge is 0.309 e. The van der Waals surface area contributed by atoms with Crippen LogP contribution in [0.4, 0.5) is 0 Å². The Labute approximate surface area is 334 Å². The Balaban J connectivity index is 1.16. The Morgan fingerprint density at radius 1 is 0.321 bits per heavy atom. The molecule has 3 aromatic heterocycles. The van der Waals surface area contributed by atoms with E-state index in [9.17, 15) is 0 Å². The predicted octanol–water partition coefficient (Wildman–Crippen LogP) is 12.7. The number of fused-ring (bicyclic) bond motifs is 6. The Morgan fingerprint density at radius 2 is 0.768 bits per heavy atom. The molecular formula is C51H33N5. The number of aromatic nitrogens is 5. The van der Waals surface area contributed by atoms with Crippen LogP contribution in [0.2, 0.25) is 0 Å². The topological polar surface area (TPSA) is 48.5 Å². The van der Waals surface area contributed by atoms with E-state index in [1.165, 1.54) is 4.57 Å². The summed E-state index contributed by atoms with van der Waals surface area (Å²) in [5.74, 6) is 1.17. The van der Waals surface area contributed by atoms with E-state index in [0.29, 0.717) is 34.3 Å². The fourth-order valence-corrected chi connectivity index (χ4v) is 7.66. The highest BCUT2D eigenvalue weighted by atomic mass is 15.0. The molecular weight excluding hydrogens is 683 g/mol. The van der Waals surface area contributed by atoms with Crippen molar-refractivity contribution in [2.75, 3.05) is 0 Å². The number of hydrogen-bond acceptors (Lipinski definition) is 3. The molecule has 0 atom stereocenters. The van der Waals surface area contributed by atoms with Gasteiger partial charge in [-0.1, -0.05) is 133 Å². The van der Waals surface area contributed by atoms with E-state index in [1.54, 1.807) is 6.07 Å². The summed E-state index contributed by atoms with van der Waals surface area (Å²) in [6.07, 6.45) is 0. The van der Waals surface area contributed by atoms with Gasteiger partial charge in [-0.25, -0.2) is 15.0 Å². The quantitative estimate of drug-likeness (QED) is 0.172. The number of benzene rings is 8. The molecule has 0 saturated heterocycles. The smallest absolute Gasteiger partial charge is 0.164 e. The first-order chi connectivity index (χ1) is 31.1. The van der Waals surface area contributed by atoms with Crippen molar-refractivity contribution in [3.8, 4) is 56.7 Å². The molecule has 0 radical (unpaired) electrons. The van der Waals surface area contributed by atoms with Gasteiger partial charge in [-0.05, 0) is 77.8 Å². The number of nitrogens with zero attached hydrogens (tertiary/aromatic N) is 5. The van der Waals surface area contributed by atoms with Gasteiger partial charge in [0.1, 0.15) is 0 Å². The second-order valence-electron chi connectivity index (χ2n) is 13.5. The molecule has 0 bridgehead atoms. The Bertz CT molecular complexity index is 3570. The van der Waals surface area contributed by atoms with E-state index in [1.807, 2.05) is 97.1 Å². The lowest BCUT2D eigenvalue weighted by Gasteiger charge is -2.14. The van der Waals surface area contributed by atoms with Crippen LogP contribution in [-0.2, 0) is 0 Å². The van der Waals surface area contributed by atoms with Gasteiger partial charge in [0.25, 0.3) is 0 Å². The fourth-order valence-electron chi connectivity index (χ4n) is 7.66. The van der Waals surface area contributed by atoms with Crippen molar-refractivity contribution in [3.63, 3.8) is 0 Å². The average Bonchev–Trinajstić information content (AvgIpc) is 3.89. The van der Waals surface area contributed by atoms with Gasteiger partial charge >= 0.3 is 0 Å². The van der Waals surface area contributed by atoms with E-state index in [0.717, 1.165) is 44.2 Å². The molecule has 0 aliphatic carbocycles. The van der Waals surface area contributed by atoms with E-state index in [2.05, 4.69) is 53.1 Å². The van der Waals surface area contributed by atoms with Crippen LogP contribution in [-0.4, -0.2) is 24.1 Å². The van der Waals surface area contributed by atoms with Crippen molar-refractivity contribution in [3.05, 3.63) is 200 Å². The summed E-state index contributed by atoms with van der Waals surface area (Å²) in [6.45, 7) is 0. The van der Waals surface area contributed by atoms with E-state index >= 15 is 0 Å². The van der Waals surface area contributed by atoms with Crippen molar-refractivity contribution in [2.24, 2.45) is 0 Å². The predicted molar refractivity (Wildman–Crippen MR) is 230 cm³/mol. The van der Waals surface area contributed by atoms with Gasteiger partial charge in [-0.3, -0.25) is 0 Å². The van der Waals surface area contributed by atoms with Crippen LogP contribution in [0.1, 0.15) is 11.0 Å². The second-order valence-corrected chi connectivity index (χ2v) is 13.5. The van der Waals surface area contributed by atoms with Gasteiger partial charge in [0, 0.05) is 49.6 Å². The van der Waals surface area contributed by atoms with Gasteiger partial charge in [0.2, 0.25) is 0 Å². The highest BCUT2D eigenvalue weighted by Crippen LogP contribution is 2.37. The molecule has 56 heavy (non-hydrogen) atoms. The van der Waals surface area contributed by atoms with Gasteiger partial charge in [0.15, 0.2) is 17.5 Å². The Morgan fingerprint density at radius 3 is 1.36 bits per heavy atom. The summed E-state index contributed by atoms with van der Waals surface area (Å²) in [5.41, 5.74) is 7.17. The van der Waals surface area contributed by atoms with Gasteiger partial charge in [-0.15, -0.1) is 0 Å².